The molecule has 0 radical (unpaired) electrons. The summed E-state index contributed by atoms with van der Waals surface area (Å²) in [5.41, 5.74) is 0.644. The number of para-hydroxylation sites is 1. The van der Waals surface area contributed by atoms with Crippen molar-refractivity contribution in [3.63, 3.8) is 0 Å². The smallest absolute Gasteiger partial charge is 0.387 e. The van der Waals surface area contributed by atoms with Crippen molar-refractivity contribution in [3.05, 3.63) is 59.7 Å². The predicted octanol–water partition coefficient (Wildman–Crippen LogP) is 3.16. The van der Waals surface area contributed by atoms with Crippen LogP contribution in [0.5, 0.6) is 11.5 Å². The van der Waals surface area contributed by atoms with Crippen LogP contribution < -0.4 is 14.8 Å². The molecule has 6 nitrogen and oxygen atoms in total. The molecule has 0 spiro atoms. The van der Waals surface area contributed by atoms with Crippen molar-refractivity contribution in [3.8, 4) is 11.5 Å². The lowest BCUT2D eigenvalue weighted by Crippen LogP contribution is -2.35. The topological polar surface area (TPSA) is 73.9 Å². The second-order valence-electron chi connectivity index (χ2n) is 5.49. The van der Waals surface area contributed by atoms with E-state index in [4.69, 9.17) is 9.47 Å². The molecular formula is C19H19F2NO5. The molecule has 2 rings (SSSR count). The summed E-state index contributed by atoms with van der Waals surface area (Å²) in [6.07, 6.45) is -1.12. The number of hydrogen-bond acceptors (Lipinski definition) is 5. The molecule has 0 unspecified atom stereocenters. The van der Waals surface area contributed by atoms with E-state index in [1.165, 1.54) is 31.2 Å². The van der Waals surface area contributed by atoms with Crippen LogP contribution in [0, 0.1) is 0 Å². The third-order valence-electron chi connectivity index (χ3n) is 3.60. The number of benzene rings is 2. The average molecular weight is 379 g/mol. The number of nitrogens with one attached hydrogen (secondary N) is 1. The van der Waals surface area contributed by atoms with E-state index in [0.29, 0.717) is 5.75 Å². The highest BCUT2D eigenvalue weighted by molar-refractivity contribution is 5.94. The maximum Gasteiger partial charge on any atom is 0.387 e. The number of methoxy groups -OCH3 is 1. The lowest BCUT2D eigenvalue weighted by atomic mass is 10.2. The molecule has 1 amide bonds. The number of carbonyl (C=O) groups is 2. The summed E-state index contributed by atoms with van der Waals surface area (Å²) in [4.78, 5) is 24.3. The molecule has 2 aromatic carbocycles. The fraction of sp³-hybridized carbons (Fsp3) is 0.263. The van der Waals surface area contributed by atoms with Crippen LogP contribution in [-0.4, -0.2) is 31.7 Å². The third-order valence-corrected chi connectivity index (χ3v) is 3.60. The van der Waals surface area contributed by atoms with E-state index in [1.54, 1.807) is 31.4 Å². The van der Waals surface area contributed by atoms with Crippen molar-refractivity contribution in [1.82, 2.24) is 5.32 Å². The normalized spacial score (nSPS) is 11.6. The third kappa shape index (κ3) is 5.95. The quantitative estimate of drug-likeness (QED) is 0.714. The van der Waals surface area contributed by atoms with Crippen LogP contribution in [0.15, 0.2) is 48.5 Å². The zero-order valence-corrected chi connectivity index (χ0v) is 14.8. The van der Waals surface area contributed by atoms with Crippen molar-refractivity contribution in [1.29, 1.82) is 0 Å². The van der Waals surface area contributed by atoms with E-state index in [1.807, 2.05) is 0 Å². The van der Waals surface area contributed by atoms with Crippen LogP contribution in [0.1, 0.15) is 22.8 Å². The van der Waals surface area contributed by atoms with E-state index in [2.05, 4.69) is 10.1 Å². The first-order valence-electron chi connectivity index (χ1n) is 8.06. The zero-order chi connectivity index (χ0) is 19.8. The van der Waals surface area contributed by atoms with Crippen LogP contribution >= 0.6 is 0 Å². The Hall–Kier alpha value is -3.16. The number of carbonyl (C=O) groups excluding carboxylic acids is 2. The maximum atomic E-state index is 12.4. The second-order valence-corrected chi connectivity index (χ2v) is 5.49. The van der Waals surface area contributed by atoms with Gasteiger partial charge in [0.2, 0.25) is 0 Å². The molecule has 0 saturated heterocycles. The Morgan fingerprint density at radius 1 is 1.07 bits per heavy atom. The molecular weight excluding hydrogens is 360 g/mol. The molecule has 1 N–H and O–H groups in total. The highest BCUT2D eigenvalue weighted by atomic mass is 19.3. The molecule has 0 aromatic heterocycles. The van der Waals surface area contributed by atoms with E-state index in [9.17, 15) is 18.4 Å². The van der Waals surface area contributed by atoms with Gasteiger partial charge in [0, 0.05) is 6.54 Å². The van der Waals surface area contributed by atoms with Crippen molar-refractivity contribution in [2.75, 3.05) is 7.11 Å². The minimum absolute atomic E-state index is 0.187. The van der Waals surface area contributed by atoms with Gasteiger partial charge in [0.25, 0.3) is 5.91 Å². The van der Waals surface area contributed by atoms with E-state index >= 15 is 0 Å². The molecule has 1 atom stereocenters. The maximum absolute atomic E-state index is 12.4. The highest BCUT2D eigenvalue weighted by Crippen LogP contribution is 2.21. The second kappa shape index (κ2) is 9.51. The SMILES string of the molecule is COc1ccc(CNC(=O)[C@H](C)OC(=O)c2ccccc2OC(F)F)cc1. The Kier molecular flexibility index (Phi) is 7.10. The Balaban J connectivity index is 1.92. The molecule has 0 saturated carbocycles. The summed E-state index contributed by atoms with van der Waals surface area (Å²) in [5, 5.41) is 2.63. The standard InChI is InChI=1S/C19H19F2NO5/c1-12(17(23)22-11-13-7-9-14(25-2)10-8-13)26-18(24)15-5-3-4-6-16(15)27-19(20)21/h3-10,12,19H,11H2,1-2H3,(H,22,23)/t12-/m0/s1. The zero-order valence-electron chi connectivity index (χ0n) is 14.8. The van der Waals surface area contributed by atoms with Gasteiger partial charge in [0.15, 0.2) is 6.10 Å². The van der Waals surface area contributed by atoms with Crippen molar-refractivity contribution < 1.29 is 32.6 Å². The fourth-order valence-electron chi connectivity index (χ4n) is 2.19. The van der Waals surface area contributed by atoms with E-state index < -0.39 is 24.6 Å². The van der Waals surface area contributed by atoms with Crippen molar-refractivity contribution in [2.24, 2.45) is 0 Å². The molecule has 144 valence electrons. The van der Waals surface area contributed by atoms with E-state index in [0.717, 1.165) is 5.56 Å². The monoisotopic (exact) mass is 379 g/mol. The number of rotatable bonds is 8. The highest BCUT2D eigenvalue weighted by Gasteiger charge is 2.22. The van der Waals surface area contributed by atoms with Crippen molar-refractivity contribution >= 4 is 11.9 Å². The van der Waals surface area contributed by atoms with Crippen LogP contribution in [0.4, 0.5) is 8.78 Å². The summed E-state index contributed by atoms with van der Waals surface area (Å²) in [6, 6.07) is 12.5. The summed E-state index contributed by atoms with van der Waals surface area (Å²) in [6.45, 7) is -1.46. The van der Waals surface area contributed by atoms with Crippen LogP contribution in [0.2, 0.25) is 0 Å². The van der Waals surface area contributed by atoms with Gasteiger partial charge < -0.3 is 19.5 Å². The van der Waals surface area contributed by atoms with Gasteiger partial charge in [-0.3, -0.25) is 4.79 Å². The fourth-order valence-corrected chi connectivity index (χ4v) is 2.19. The van der Waals surface area contributed by atoms with Gasteiger partial charge in [-0.15, -0.1) is 0 Å². The van der Waals surface area contributed by atoms with Gasteiger partial charge >= 0.3 is 12.6 Å². The number of alkyl halides is 2. The molecule has 27 heavy (non-hydrogen) atoms. The molecule has 0 aliphatic heterocycles. The van der Waals surface area contributed by atoms with E-state index in [-0.39, 0.29) is 17.9 Å². The number of amides is 1. The molecule has 0 aliphatic carbocycles. The molecule has 0 fully saturated rings. The number of hydrogen-bond donors (Lipinski definition) is 1. The largest absolute Gasteiger partial charge is 0.497 e. The first-order chi connectivity index (χ1) is 12.9. The number of ether oxygens (including phenoxy) is 3. The van der Waals surface area contributed by atoms with Gasteiger partial charge in [0.1, 0.15) is 17.1 Å². The summed E-state index contributed by atoms with van der Waals surface area (Å²) >= 11 is 0. The first-order valence-corrected chi connectivity index (χ1v) is 8.06. The van der Waals surface area contributed by atoms with Gasteiger partial charge in [0.05, 0.1) is 7.11 Å². The number of halogens is 2. The van der Waals surface area contributed by atoms with Crippen LogP contribution in [0.3, 0.4) is 0 Å². The Labute approximate surface area is 155 Å². The molecule has 0 aliphatic rings. The van der Waals surface area contributed by atoms with Gasteiger partial charge in [-0.25, -0.2) is 4.79 Å². The van der Waals surface area contributed by atoms with Crippen molar-refractivity contribution in [2.45, 2.75) is 26.2 Å². The Bertz CT molecular complexity index is 780. The minimum atomic E-state index is -3.08. The summed E-state index contributed by atoms with van der Waals surface area (Å²) in [7, 11) is 1.55. The van der Waals surface area contributed by atoms with Crippen LogP contribution in [0.25, 0.3) is 0 Å². The molecule has 0 bridgehead atoms. The summed E-state index contributed by atoms with van der Waals surface area (Å²) < 4.78 is 39.2. The minimum Gasteiger partial charge on any atom is -0.497 e. The summed E-state index contributed by atoms with van der Waals surface area (Å²) in [5.74, 6) is -1.08. The first kappa shape index (κ1) is 20.2. The molecule has 0 heterocycles. The lowest BCUT2D eigenvalue weighted by Gasteiger charge is -2.15. The predicted molar refractivity (Wildman–Crippen MR) is 92.8 cm³/mol. The Morgan fingerprint density at radius 2 is 1.74 bits per heavy atom. The van der Waals surface area contributed by atoms with Gasteiger partial charge in [-0.2, -0.15) is 8.78 Å². The number of esters is 1. The van der Waals surface area contributed by atoms with Crippen LogP contribution in [-0.2, 0) is 16.1 Å². The lowest BCUT2D eigenvalue weighted by molar-refractivity contribution is -0.129. The molecule has 2 aromatic rings. The van der Waals surface area contributed by atoms with Gasteiger partial charge in [-0.05, 0) is 36.8 Å². The average Bonchev–Trinajstić information content (AvgIpc) is 2.66. The van der Waals surface area contributed by atoms with Gasteiger partial charge in [-0.1, -0.05) is 24.3 Å². The Morgan fingerprint density at radius 3 is 2.37 bits per heavy atom. The molecule has 8 heteroatoms.